The summed E-state index contributed by atoms with van der Waals surface area (Å²) < 4.78 is 6.67. The molecule has 2 aromatic rings. The van der Waals surface area contributed by atoms with E-state index in [0.29, 0.717) is 23.2 Å². The average Bonchev–Trinajstić information content (AvgIpc) is 2.42. The number of benzene rings is 1. The Bertz CT molecular complexity index is 654. The largest absolute Gasteiger partial charge is 0.496 e. The molecule has 0 fully saturated rings. The minimum Gasteiger partial charge on any atom is -0.496 e. The zero-order chi connectivity index (χ0) is 14.0. The molecule has 0 bridgehead atoms. The third-order valence-electron chi connectivity index (χ3n) is 3.07. The summed E-state index contributed by atoms with van der Waals surface area (Å²) in [6.45, 7) is 2.42. The van der Waals surface area contributed by atoms with E-state index in [1.807, 2.05) is 14.0 Å². The second-order valence-electron chi connectivity index (χ2n) is 4.34. The number of fused-ring (bicyclic) bond motifs is 1. The molecule has 0 spiro atoms. The Morgan fingerprint density at radius 1 is 1.53 bits per heavy atom. The Morgan fingerprint density at radius 2 is 2.26 bits per heavy atom. The van der Waals surface area contributed by atoms with E-state index in [4.69, 9.17) is 16.3 Å². The van der Waals surface area contributed by atoms with Crippen molar-refractivity contribution in [2.24, 2.45) is 0 Å². The number of likely N-dealkylation sites (N-methyl/N-ethyl adjacent to an activating group) is 1. The molecule has 1 heterocycles. The number of nitrogens with one attached hydrogen (secondary N) is 1. The quantitative estimate of drug-likeness (QED) is 0.866. The third kappa shape index (κ3) is 2.57. The zero-order valence-electron chi connectivity index (χ0n) is 11.1. The molecule has 0 aliphatic heterocycles. The number of halogens is 1. The molecule has 6 heteroatoms. The highest BCUT2D eigenvalue weighted by Crippen LogP contribution is 2.21. The molecule has 0 aliphatic rings. The molecule has 0 saturated carbocycles. The van der Waals surface area contributed by atoms with Crippen LogP contribution in [-0.4, -0.2) is 29.8 Å². The van der Waals surface area contributed by atoms with Crippen LogP contribution in [0.25, 0.3) is 10.9 Å². The lowest BCUT2D eigenvalue weighted by molar-refractivity contribution is 0.418. The summed E-state index contributed by atoms with van der Waals surface area (Å²) in [6, 6.07) is 5.39. The van der Waals surface area contributed by atoms with E-state index < -0.39 is 0 Å². The van der Waals surface area contributed by atoms with E-state index in [9.17, 15) is 4.79 Å². The van der Waals surface area contributed by atoms with Crippen molar-refractivity contribution in [3.8, 4) is 5.75 Å². The number of hydrogen-bond acceptors (Lipinski definition) is 4. The molecular weight excluding hydrogens is 266 g/mol. The van der Waals surface area contributed by atoms with Crippen LogP contribution < -0.4 is 15.6 Å². The molecule has 0 saturated heterocycles. The zero-order valence-corrected chi connectivity index (χ0v) is 11.9. The van der Waals surface area contributed by atoms with E-state index in [1.165, 1.54) is 11.7 Å². The van der Waals surface area contributed by atoms with Gasteiger partial charge in [-0.05, 0) is 37.7 Å². The summed E-state index contributed by atoms with van der Waals surface area (Å²) in [5, 5.41) is 3.71. The lowest BCUT2D eigenvalue weighted by atomic mass is 10.2. The topological polar surface area (TPSA) is 56.1 Å². The Balaban J connectivity index is 2.69. The Labute approximate surface area is 116 Å². The Morgan fingerprint density at radius 3 is 2.89 bits per heavy atom. The van der Waals surface area contributed by atoms with Gasteiger partial charge in [-0.3, -0.25) is 9.36 Å². The molecule has 0 amide bonds. The molecule has 1 aromatic heterocycles. The van der Waals surface area contributed by atoms with Crippen LogP contribution in [0.2, 0.25) is 5.28 Å². The molecule has 2 rings (SSSR count). The fraction of sp³-hybridized carbons (Fsp3) is 0.385. The van der Waals surface area contributed by atoms with Gasteiger partial charge in [-0.25, -0.2) is 4.98 Å². The minimum absolute atomic E-state index is 0.115. The first kappa shape index (κ1) is 13.8. The fourth-order valence-corrected chi connectivity index (χ4v) is 2.14. The predicted molar refractivity (Wildman–Crippen MR) is 76.1 cm³/mol. The smallest absolute Gasteiger partial charge is 0.266 e. The summed E-state index contributed by atoms with van der Waals surface area (Å²) >= 11 is 6.09. The van der Waals surface area contributed by atoms with Crippen molar-refractivity contribution in [2.45, 2.75) is 19.5 Å². The molecule has 0 aliphatic carbocycles. The van der Waals surface area contributed by atoms with Crippen LogP contribution in [0.4, 0.5) is 0 Å². The molecule has 5 nitrogen and oxygen atoms in total. The van der Waals surface area contributed by atoms with Gasteiger partial charge in [-0.2, -0.15) is 0 Å². The second kappa shape index (κ2) is 5.59. The van der Waals surface area contributed by atoms with E-state index in [2.05, 4.69) is 10.3 Å². The molecular formula is C13H16ClN3O2. The maximum atomic E-state index is 12.5. The lowest BCUT2D eigenvalue weighted by Crippen LogP contribution is -2.33. The summed E-state index contributed by atoms with van der Waals surface area (Å²) in [5.41, 5.74) is 0.359. The number of nitrogens with zero attached hydrogens (tertiary/aromatic N) is 2. The van der Waals surface area contributed by atoms with Crippen LogP contribution in [0.5, 0.6) is 5.75 Å². The number of methoxy groups -OCH3 is 1. The van der Waals surface area contributed by atoms with Crippen molar-refractivity contribution in [3.63, 3.8) is 0 Å². The van der Waals surface area contributed by atoms with Gasteiger partial charge >= 0.3 is 0 Å². The molecule has 0 radical (unpaired) electrons. The first-order valence-electron chi connectivity index (χ1n) is 5.98. The minimum atomic E-state index is -0.186. The van der Waals surface area contributed by atoms with Crippen molar-refractivity contribution in [1.29, 1.82) is 0 Å². The summed E-state index contributed by atoms with van der Waals surface area (Å²) in [4.78, 5) is 16.8. The average molecular weight is 282 g/mol. The van der Waals surface area contributed by atoms with Crippen LogP contribution in [-0.2, 0) is 6.54 Å². The fourth-order valence-electron chi connectivity index (χ4n) is 1.90. The van der Waals surface area contributed by atoms with Gasteiger partial charge in [0.2, 0.25) is 5.28 Å². The maximum Gasteiger partial charge on any atom is 0.266 e. The van der Waals surface area contributed by atoms with Gasteiger partial charge in [-0.1, -0.05) is 6.07 Å². The van der Waals surface area contributed by atoms with Crippen LogP contribution in [0.3, 0.4) is 0 Å². The van der Waals surface area contributed by atoms with Crippen molar-refractivity contribution in [2.75, 3.05) is 14.2 Å². The second-order valence-corrected chi connectivity index (χ2v) is 4.68. The van der Waals surface area contributed by atoms with Gasteiger partial charge in [0.25, 0.3) is 5.56 Å². The van der Waals surface area contributed by atoms with E-state index in [-0.39, 0.29) is 16.9 Å². The first-order chi connectivity index (χ1) is 9.08. The summed E-state index contributed by atoms with van der Waals surface area (Å²) in [6.07, 6.45) is 0. The van der Waals surface area contributed by atoms with Gasteiger partial charge in [-0.15, -0.1) is 0 Å². The number of ether oxygens (including phenoxy) is 1. The van der Waals surface area contributed by atoms with Gasteiger partial charge in [0.05, 0.1) is 12.6 Å². The van der Waals surface area contributed by atoms with Crippen molar-refractivity contribution >= 4 is 22.5 Å². The maximum absolute atomic E-state index is 12.5. The Hall–Kier alpha value is -1.59. The molecule has 1 atom stereocenters. The molecule has 1 N–H and O–H groups in total. The van der Waals surface area contributed by atoms with Crippen LogP contribution >= 0.6 is 11.6 Å². The van der Waals surface area contributed by atoms with Crippen LogP contribution in [0.1, 0.15) is 6.92 Å². The predicted octanol–water partition coefficient (Wildman–Crippen LogP) is 1.67. The monoisotopic (exact) mass is 281 g/mol. The van der Waals surface area contributed by atoms with Gasteiger partial charge in [0.15, 0.2) is 0 Å². The van der Waals surface area contributed by atoms with E-state index >= 15 is 0 Å². The molecule has 102 valence electrons. The highest BCUT2D eigenvalue weighted by Gasteiger charge is 2.14. The summed E-state index contributed by atoms with van der Waals surface area (Å²) in [7, 11) is 3.36. The van der Waals surface area contributed by atoms with Crippen LogP contribution in [0, 0.1) is 0 Å². The molecule has 1 unspecified atom stereocenters. The van der Waals surface area contributed by atoms with Gasteiger partial charge in [0, 0.05) is 12.6 Å². The van der Waals surface area contributed by atoms with Crippen molar-refractivity contribution < 1.29 is 4.74 Å². The third-order valence-corrected chi connectivity index (χ3v) is 3.36. The van der Waals surface area contributed by atoms with Crippen LogP contribution in [0.15, 0.2) is 23.0 Å². The highest BCUT2D eigenvalue weighted by atomic mass is 35.5. The van der Waals surface area contributed by atoms with Gasteiger partial charge in [0.1, 0.15) is 11.1 Å². The summed E-state index contributed by atoms with van der Waals surface area (Å²) in [5.74, 6) is 0.512. The molecule has 19 heavy (non-hydrogen) atoms. The van der Waals surface area contributed by atoms with E-state index in [0.717, 1.165) is 0 Å². The standard InChI is InChI=1S/C13H16ClN3O2/c1-8(15-2)7-17-12(18)11-9(16-13(17)14)5-4-6-10(11)19-3/h4-6,8,15H,7H2,1-3H3. The Kier molecular flexibility index (Phi) is 4.07. The first-order valence-corrected chi connectivity index (χ1v) is 6.36. The number of hydrogen-bond donors (Lipinski definition) is 1. The van der Waals surface area contributed by atoms with Gasteiger partial charge < -0.3 is 10.1 Å². The normalized spacial score (nSPS) is 12.6. The number of rotatable bonds is 4. The highest BCUT2D eigenvalue weighted by molar-refractivity contribution is 6.28. The lowest BCUT2D eigenvalue weighted by Gasteiger charge is -2.15. The van der Waals surface area contributed by atoms with Crippen molar-refractivity contribution in [3.05, 3.63) is 33.8 Å². The SMILES string of the molecule is CNC(C)Cn1c(Cl)nc2cccc(OC)c2c1=O. The van der Waals surface area contributed by atoms with E-state index in [1.54, 1.807) is 18.2 Å². The van der Waals surface area contributed by atoms with Crippen molar-refractivity contribution in [1.82, 2.24) is 14.9 Å². The molecule has 1 aromatic carbocycles. The number of aromatic nitrogens is 2.